The van der Waals surface area contributed by atoms with Gasteiger partial charge in [0, 0.05) is 0 Å². The first-order valence-electron chi connectivity index (χ1n) is 10.6. The molecule has 0 unspecified atom stereocenters. The fourth-order valence-electron chi connectivity index (χ4n) is 4.56. The summed E-state index contributed by atoms with van der Waals surface area (Å²) in [4.78, 5) is 12.3. The third kappa shape index (κ3) is 4.88. The maximum atomic E-state index is 12.3. The summed E-state index contributed by atoms with van der Waals surface area (Å²) in [5, 5.41) is 0. The van der Waals surface area contributed by atoms with Gasteiger partial charge < -0.3 is 4.80 Å². The highest BCUT2D eigenvalue weighted by Crippen LogP contribution is 2.28. The molecule has 0 aliphatic carbocycles. The normalized spacial score (nSPS) is 11.7. The third-order valence-electron chi connectivity index (χ3n) is 6.45. The van der Waals surface area contributed by atoms with Gasteiger partial charge in [0.2, 0.25) is 8.32 Å². The van der Waals surface area contributed by atoms with Crippen molar-refractivity contribution in [3.63, 3.8) is 0 Å². The highest BCUT2D eigenvalue weighted by Gasteiger charge is 2.35. The van der Waals surface area contributed by atoms with Crippen LogP contribution in [0, 0.1) is 41.5 Å². The van der Waals surface area contributed by atoms with E-state index in [-0.39, 0.29) is 0 Å². The molecule has 3 rings (SSSR count). The van der Waals surface area contributed by atoms with Crippen LogP contribution in [-0.4, -0.2) is 13.1 Å². The molecular formula is C27H34OSi. The maximum Gasteiger partial charge on any atom is 0.201 e. The lowest BCUT2D eigenvalue weighted by molar-refractivity contribution is 0.521. The fraction of sp³-hybridized carbons (Fsp3) is 0.333. The first-order chi connectivity index (χ1) is 13.7. The van der Waals surface area contributed by atoms with Crippen LogP contribution in [-0.2, 0) is 18.1 Å². The van der Waals surface area contributed by atoms with Crippen LogP contribution in [0.4, 0.5) is 0 Å². The van der Waals surface area contributed by atoms with E-state index in [0.29, 0.717) is 0 Å². The van der Waals surface area contributed by atoms with Gasteiger partial charge in [-0.05, 0) is 110 Å². The monoisotopic (exact) mass is 402 g/mol. The molecule has 0 fully saturated rings. The molecule has 0 aromatic heterocycles. The van der Waals surface area contributed by atoms with Crippen molar-refractivity contribution < 1.29 is 4.80 Å². The van der Waals surface area contributed by atoms with Crippen LogP contribution in [0.5, 0.6) is 0 Å². The van der Waals surface area contributed by atoms with E-state index in [9.17, 15) is 4.80 Å². The Bertz CT molecular complexity index is 828. The minimum absolute atomic E-state index is 0.799. The summed E-state index contributed by atoms with van der Waals surface area (Å²) in [6.07, 6.45) is 0. The second kappa shape index (κ2) is 8.69. The minimum Gasteiger partial charge on any atom is -0.431 e. The second-order valence-corrected chi connectivity index (χ2v) is 12.4. The Morgan fingerprint density at radius 1 is 0.483 bits per heavy atom. The summed E-state index contributed by atoms with van der Waals surface area (Å²) >= 11 is 0. The highest BCUT2D eigenvalue weighted by atomic mass is 28.4. The average Bonchev–Trinajstić information content (AvgIpc) is 2.65. The van der Waals surface area contributed by atoms with Gasteiger partial charge in [0.15, 0.2) is 0 Å². The van der Waals surface area contributed by atoms with Gasteiger partial charge in [0.1, 0.15) is 0 Å². The molecule has 3 aromatic rings. The van der Waals surface area contributed by atoms with Gasteiger partial charge in [-0.25, -0.2) is 0 Å². The van der Waals surface area contributed by atoms with E-state index < -0.39 is 8.32 Å². The van der Waals surface area contributed by atoms with Crippen LogP contribution < -0.4 is 0 Å². The fourth-order valence-corrected chi connectivity index (χ4v) is 8.58. The molecular weight excluding hydrogens is 368 g/mol. The van der Waals surface area contributed by atoms with Crippen molar-refractivity contribution in [3.05, 3.63) is 105 Å². The van der Waals surface area contributed by atoms with Crippen LogP contribution in [0.15, 0.2) is 54.6 Å². The molecule has 29 heavy (non-hydrogen) atoms. The van der Waals surface area contributed by atoms with Crippen molar-refractivity contribution in [2.75, 3.05) is 0 Å². The Morgan fingerprint density at radius 3 is 0.897 bits per heavy atom. The number of benzene rings is 3. The summed E-state index contributed by atoms with van der Waals surface area (Å²) in [6, 6.07) is 21.8. The molecule has 152 valence electrons. The predicted octanol–water partition coefficient (Wildman–Crippen LogP) is 6.12. The van der Waals surface area contributed by atoms with E-state index in [1.165, 1.54) is 50.1 Å². The number of aryl methyl sites for hydroxylation is 6. The predicted molar refractivity (Wildman–Crippen MR) is 127 cm³/mol. The van der Waals surface area contributed by atoms with Crippen molar-refractivity contribution in [3.8, 4) is 0 Å². The smallest absolute Gasteiger partial charge is 0.201 e. The van der Waals surface area contributed by atoms with E-state index in [1.807, 2.05) is 0 Å². The van der Waals surface area contributed by atoms with Crippen molar-refractivity contribution in [2.24, 2.45) is 0 Å². The highest BCUT2D eigenvalue weighted by molar-refractivity contribution is 6.71. The molecule has 3 aromatic carbocycles. The van der Waals surface area contributed by atoms with Crippen LogP contribution in [0.25, 0.3) is 0 Å². The summed E-state index contributed by atoms with van der Waals surface area (Å²) < 4.78 is 0. The van der Waals surface area contributed by atoms with E-state index in [1.54, 1.807) is 0 Å². The van der Waals surface area contributed by atoms with Crippen LogP contribution in [0.3, 0.4) is 0 Å². The number of hydrogen-bond donors (Lipinski definition) is 1. The van der Waals surface area contributed by atoms with Gasteiger partial charge >= 0.3 is 0 Å². The van der Waals surface area contributed by atoms with E-state index in [2.05, 4.69) is 96.1 Å². The molecule has 0 amide bonds. The van der Waals surface area contributed by atoms with Crippen molar-refractivity contribution >= 4 is 8.32 Å². The van der Waals surface area contributed by atoms with Crippen molar-refractivity contribution in [2.45, 2.75) is 59.7 Å². The van der Waals surface area contributed by atoms with Gasteiger partial charge in [0.25, 0.3) is 0 Å². The summed E-state index contributed by atoms with van der Waals surface area (Å²) in [6.45, 7) is 13.1. The van der Waals surface area contributed by atoms with E-state index in [4.69, 9.17) is 0 Å². The minimum atomic E-state index is -2.66. The number of rotatable bonds is 6. The molecule has 1 N–H and O–H groups in total. The standard InChI is InChI=1S/C27H34OSi/c1-19-10-7-11-20(2)25(19)16-29(28,17-26-21(3)12-8-13-22(26)4)18-27-23(5)14-9-15-24(27)6/h7-15,28H,16-18H2,1-6H3. The molecule has 0 atom stereocenters. The first kappa shape index (κ1) is 21.5. The second-order valence-electron chi connectivity index (χ2n) is 8.87. The Hall–Kier alpha value is -2.16. The zero-order valence-corrected chi connectivity index (χ0v) is 19.8. The topological polar surface area (TPSA) is 20.2 Å². The maximum absolute atomic E-state index is 12.3. The molecule has 0 saturated carbocycles. The zero-order chi connectivity index (χ0) is 21.2. The Morgan fingerprint density at radius 2 is 0.690 bits per heavy atom. The lowest BCUT2D eigenvalue weighted by Gasteiger charge is -2.30. The lowest BCUT2D eigenvalue weighted by Crippen LogP contribution is -2.45. The summed E-state index contributed by atoms with van der Waals surface area (Å²) in [7, 11) is -2.66. The van der Waals surface area contributed by atoms with Crippen molar-refractivity contribution in [1.29, 1.82) is 0 Å². The van der Waals surface area contributed by atoms with E-state index in [0.717, 1.165) is 18.1 Å². The molecule has 0 heterocycles. The number of hydrogen-bond acceptors (Lipinski definition) is 1. The zero-order valence-electron chi connectivity index (χ0n) is 18.8. The Balaban J connectivity index is 2.07. The summed E-state index contributed by atoms with van der Waals surface area (Å²) in [5.41, 5.74) is 11.7. The van der Waals surface area contributed by atoms with Gasteiger partial charge in [0.05, 0.1) is 0 Å². The molecule has 0 aliphatic heterocycles. The molecule has 0 aliphatic rings. The molecule has 0 bridgehead atoms. The van der Waals surface area contributed by atoms with Crippen LogP contribution in [0.2, 0.25) is 0 Å². The summed E-state index contributed by atoms with van der Waals surface area (Å²) in [5.74, 6) is 0. The van der Waals surface area contributed by atoms with Gasteiger partial charge in [-0.15, -0.1) is 0 Å². The van der Waals surface area contributed by atoms with Gasteiger partial charge in [-0.2, -0.15) is 0 Å². The third-order valence-corrected chi connectivity index (χ3v) is 9.49. The Labute approximate surface area is 177 Å². The van der Waals surface area contributed by atoms with Crippen LogP contribution >= 0.6 is 0 Å². The average molecular weight is 403 g/mol. The lowest BCUT2D eigenvalue weighted by atomic mass is 10.0. The van der Waals surface area contributed by atoms with Gasteiger partial charge in [-0.3, -0.25) is 0 Å². The molecule has 2 heteroatoms. The molecule has 1 nitrogen and oxygen atoms in total. The molecule has 0 radical (unpaired) electrons. The first-order valence-corrected chi connectivity index (χ1v) is 13.1. The largest absolute Gasteiger partial charge is 0.431 e. The molecule has 0 saturated heterocycles. The van der Waals surface area contributed by atoms with Crippen LogP contribution in [0.1, 0.15) is 50.1 Å². The Kier molecular flexibility index (Phi) is 6.45. The van der Waals surface area contributed by atoms with Crippen molar-refractivity contribution in [1.82, 2.24) is 0 Å². The van der Waals surface area contributed by atoms with Gasteiger partial charge in [-0.1, -0.05) is 54.6 Å². The molecule has 0 spiro atoms. The van der Waals surface area contributed by atoms with E-state index >= 15 is 0 Å². The SMILES string of the molecule is Cc1cccc(C)c1C[Si](O)(Cc1c(C)cccc1C)Cc1c(C)cccc1C. The quantitative estimate of drug-likeness (QED) is 0.492.